The minimum Gasteiger partial charge on any atom is -0.506 e. The molecule has 0 bridgehead atoms. The number of nitrogens with one attached hydrogen (secondary N) is 1. The van der Waals surface area contributed by atoms with Crippen LogP contribution in [0.5, 0.6) is 5.75 Å². The van der Waals surface area contributed by atoms with Crippen LogP contribution in [0.4, 0.5) is 5.69 Å². The van der Waals surface area contributed by atoms with Crippen molar-refractivity contribution < 1.29 is 9.90 Å². The first-order chi connectivity index (χ1) is 8.97. The second-order valence-corrected chi connectivity index (χ2v) is 5.47. The molecule has 2 aromatic rings. The zero-order valence-electron chi connectivity index (χ0n) is 9.45. The summed E-state index contributed by atoms with van der Waals surface area (Å²) in [5, 5.41) is 12.5. The molecule has 0 aliphatic carbocycles. The maximum absolute atomic E-state index is 12.0. The van der Waals surface area contributed by atoms with Crippen molar-refractivity contribution in [2.75, 3.05) is 5.32 Å². The Labute approximate surface area is 128 Å². The molecule has 2 rings (SSSR count). The topological polar surface area (TPSA) is 49.3 Å². The number of rotatable bonds is 2. The average Bonchev–Trinajstić information content (AvgIpc) is 2.37. The molecule has 1 amide bonds. The molecule has 2 aromatic carbocycles. The number of phenolic OH excluding ortho intramolecular Hbond substituents is 1. The summed E-state index contributed by atoms with van der Waals surface area (Å²) < 4.78 is 0.802. The van der Waals surface area contributed by atoms with Gasteiger partial charge < -0.3 is 10.4 Å². The van der Waals surface area contributed by atoms with E-state index in [1.54, 1.807) is 18.2 Å². The fourth-order valence-corrected chi connectivity index (χ4v) is 2.14. The summed E-state index contributed by atoms with van der Waals surface area (Å²) in [5.74, 6) is -0.430. The molecule has 19 heavy (non-hydrogen) atoms. The van der Waals surface area contributed by atoms with Crippen LogP contribution in [0, 0.1) is 0 Å². The molecular weight excluding hydrogens is 353 g/mol. The van der Waals surface area contributed by atoms with Gasteiger partial charge in [0.25, 0.3) is 5.91 Å². The lowest BCUT2D eigenvalue weighted by Gasteiger charge is -2.08. The van der Waals surface area contributed by atoms with Gasteiger partial charge in [-0.25, -0.2) is 0 Å². The van der Waals surface area contributed by atoms with Crippen molar-refractivity contribution >= 4 is 50.7 Å². The Kier molecular flexibility index (Phi) is 4.34. The number of phenols is 1. The lowest BCUT2D eigenvalue weighted by molar-refractivity contribution is 0.102. The molecule has 0 heterocycles. The number of amides is 1. The molecule has 0 radical (unpaired) electrons. The van der Waals surface area contributed by atoms with Crippen LogP contribution in [-0.2, 0) is 0 Å². The number of anilines is 1. The highest BCUT2D eigenvalue weighted by atomic mass is 79.9. The zero-order chi connectivity index (χ0) is 14.0. The molecule has 0 atom stereocenters. The first kappa shape index (κ1) is 14.2. The van der Waals surface area contributed by atoms with Crippen LogP contribution in [0.2, 0.25) is 10.0 Å². The van der Waals surface area contributed by atoms with Gasteiger partial charge in [0.15, 0.2) is 0 Å². The summed E-state index contributed by atoms with van der Waals surface area (Å²) in [5.41, 5.74) is 0.823. The summed E-state index contributed by atoms with van der Waals surface area (Å²) in [6, 6.07) is 9.36. The van der Waals surface area contributed by atoms with Crippen LogP contribution in [0.15, 0.2) is 40.9 Å². The van der Waals surface area contributed by atoms with E-state index in [2.05, 4.69) is 21.2 Å². The minimum atomic E-state index is -0.359. The van der Waals surface area contributed by atoms with Crippen LogP contribution in [0.25, 0.3) is 0 Å². The van der Waals surface area contributed by atoms with Crippen molar-refractivity contribution in [3.8, 4) is 5.75 Å². The second-order valence-electron chi connectivity index (χ2n) is 3.74. The average molecular weight is 361 g/mol. The third-order valence-corrected chi connectivity index (χ3v) is 3.51. The summed E-state index contributed by atoms with van der Waals surface area (Å²) in [6.07, 6.45) is 0. The monoisotopic (exact) mass is 359 g/mol. The highest BCUT2D eigenvalue weighted by Gasteiger charge is 2.10. The van der Waals surface area contributed by atoms with Gasteiger partial charge in [0, 0.05) is 10.0 Å². The molecule has 0 unspecified atom stereocenters. The van der Waals surface area contributed by atoms with Crippen molar-refractivity contribution in [1.29, 1.82) is 0 Å². The lowest BCUT2D eigenvalue weighted by atomic mass is 10.2. The van der Waals surface area contributed by atoms with E-state index in [0.717, 1.165) is 4.47 Å². The van der Waals surface area contributed by atoms with Crippen LogP contribution in [0.1, 0.15) is 10.4 Å². The smallest absolute Gasteiger partial charge is 0.255 e. The Bertz CT molecular complexity index is 647. The molecule has 98 valence electrons. The van der Waals surface area contributed by atoms with Gasteiger partial charge in [-0.1, -0.05) is 39.1 Å². The van der Waals surface area contributed by atoms with E-state index in [-0.39, 0.29) is 16.7 Å². The van der Waals surface area contributed by atoms with Crippen molar-refractivity contribution in [3.05, 3.63) is 56.5 Å². The molecule has 0 saturated carbocycles. The Balaban J connectivity index is 2.25. The van der Waals surface area contributed by atoms with Crippen molar-refractivity contribution in [2.24, 2.45) is 0 Å². The van der Waals surface area contributed by atoms with Gasteiger partial charge in [-0.2, -0.15) is 0 Å². The Morgan fingerprint density at radius 1 is 1.11 bits per heavy atom. The van der Waals surface area contributed by atoms with E-state index in [1.807, 2.05) is 0 Å². The number of aromatic hydroxyl groups is 1. The van der Waals surface area contributed by atoms with Crippen molar-refractivity contribution in [3.63, 3.8) is 0 Å². The lowest BCUT2D eigenvalue weighted by Crippen LogP contribution is -2.12. The van der Waals surface area contributed by atoms with Gasteiger partial charge in [0.05, 0.1) is 15.7 Å². The summed E-state index contributed by atoms with van der Waals surface area (Å²) in [4.78, 5) is 12.0. The van der Waals surface area contributed by atoms with Gasteiger partial charge in [-0.05, 0) is 36.4 Å². The first-order valence-corrected chi connectivity index (χ1v) is 6.77. The van der Waals surface area contributed by atoms with Crippen LogP contribution < -0.4 is 5.32 Å². The zero-order valence-corrected chi connectivity index (χ0v) is 12.6. The fraction of sp³-hybridized carbons (Fsp3) is 0. The number of hydrogen-bond acceptors (Lipinski definition) is 2. The van der Waals surface area contributed by atoms with Gasteiger partial charge in [-0.3, -0.25) is 4.79 Å². The van der Waals surface area contributed by atoms with E-state index in [9.17, 15) is 9.90 Å². The van der Waals surface area contributed by atoms with Crippen LogP contribution in [-0.4, -0.2) is 11.0 Å². The predicted molar refractivity (Wildman–Crippen MR) is 80.2 cm³/mol. The Hall–Kier alpha value is -1.23. The highest BCUT2D eigenvalue weighted by Crippen LogP contribution is 2.27. The summed E-state index contributed by atoms with van der Waals surface area (Å²) in [6.45, 7) is 0. The highest BCUT2D eigenvalue weighted by molar-refractivity contribution is 9.10. The van der Waals surface area contributed by atoms with Crippen LogP contribution >= 0.6 is 39.1 Å². The third-order valence-electron chi connectivity index (χ3n) is 2.39. The second kappa shape index (κ2) is 5.82. The number of benzene rings is 2. The van der Waals surface area contributed by atoms with Gasteiger partial charge in [-0.15, -0.1) is 0 Å². The molecule has 3 nitrogen and oxygen atoms in total. The largest absolute Gasteiger partial charge is 0.506 e. The number of hydrogen-bond donors (Lipinski definition) is 2. The van der Waals surface area contributed by atoms with Gasteiger partial charge in [0.1, 0.15) is 5.75 Å². The third kappa shape index (κ3) is 3.41. The Morgan fingerprint density at radius 3 is 2.53 bits per heavy atom. The van der Waals surface area contributed by atoms with E-state index < -0.39 is 0 Å². The van der Waals surface area contributed by atoms with Gasteiger partial charge in [0.2, 0.25) is 0 Å². The van der Waals surface area contributed by atoms with Gasteiger partial charge >= 0.3 is 0 Å². The molecule has 0 saturated heterocycles. The standard InChI is InChI=1S/C13H8BrCl2NO2/c14-8-2-3-9(15)11(6-8)17-13(19)7-1-4-12(18)10(16)5-7/h1-6,18H,(H,17,19). The van der Waals surface area contributed by atoms with E-state index in [4.69, 9.17) is 23.2 Å². The molecule has 0 aliphatic rings. The SMILES string of the molecule is O=C(Nc1cc(Br)ccc1Cl)c1ccc(O)c(Cl)c1. The summed E-state index contributed by atoms with van der Waals surface area (Å²) >= 11 is 15.0. The Morgan fingerprint density at radius 2 is 1.84 bits per heavy atom. The van der Waals surface area contributed by atoms with Crippen molar-refractivity contribution in [2.45, 2.75) is 0 Å². The molecule has 2 N–H and O–H groups in total. The van der Waals surface area contributed by atoms with E-state index in [1.165, 1.54) is 18.2 Å². The molecule has 0 spiro atoms. The minimum absolute atomic E-state index is 0.0706. The number of halogens is 3. The normalized spacial score (nSPS) is 10.3. The fourth-order valence-electron chi connectivity index (χ4n) is 1.44. The molecule has 0 fully saturated rings. The number of carbonyl (C=O) groups excluding carboxylic acids is 1. The number of carbonyl (C=O) groups is 1. The predicted octanol–water partition coefficient (Wildman–Crippen LogP) is 4.71. The molecule has 0 aromatic heterocycles. The van der Waals surface area contributed by atoms with Crippen LogP contribution in [0.3, 0.4) is 0 Å². The molecule has 0 aliphatic heterocycles. The van der Waals surface area contributed by atoms with E-state index >= 15 is 0 Å². The molecule has 6 heteroatoms. The first-order valence-electron chi connectivity index (χ1n) is 5.22. The van der Waals surface area contributed by atoms with Crippen molar-refractivity contribution in [1.82, 2.24) is 0 Å². The molecular formula is C13H8BrCl2NO2. The summed E-state index contributed by atoms with van der Waals surface area (Å²) in [7, 11) is 0. The maximum Gasteiger partial charge on any atom is 0.255 e. The maximum atomic E-state index is 12.0. The van der Waals surface area contributed by atoms with E-state index in [0.29, 0.717) is 16.3 Å². The quantitative estimate of drug-likeness (QED) is 0.814.